The third-order valence-electron chi connectivity index (χ3n) is 4.01. The van der Waals surface area contributed by atoms with Crippen molar-refractivity contribution in [2.45, 2.75) is 32.1 Å². The molecule has 0 aliphatic heterocycles. The number of hydrogen-bond acceptors (Lipinski definition) is 1. The minimum absolute atomic E-state index is 0.594. The summed E-state index contributed by atoms with van der Waals surface area (Å²) in [5.74, 6) is -0.226. The lowest BCUT2D eigenvalue weighted by Crippen LogP contribution is -2.30. The molecule has 1 nitrogen and oxygen atoms in total. The lowest BCUT2D eigenvalue weighted by atomic mass is 9.76. The maximum atomic E-state index is 13.2. The minimum Gasteiger partial charge on any atom is -0.319 e. The Hall–Kier alpha value is -0.960. The fraction of sp³-hybridized carbons (Fsp3) is 0.600. The molecule has 2 unspecified atom stereocenters. The molecule has 0 saturated heterocycles. The zero-order valence-electron chi connectivity index (χ0n) is 10.9. The van der Waals surface area contributed by atoms with Crippen LogP contribution in [0.3, 0.4) is 0 Å². The molecule has 0 amide bonds. The van der Waals surface area contributed by atoms with Crippen molar-refractivity contribution < 1.29 is 8.78 Å². The first-order valence-electron chi connectivity index (χ1n) is 6.79. The molecule has 1 aromatic rings. The summed E-state index contributed by atoms with van der Waals surface area (Å²) in [5.41, 5.74) is 0.918. The Labute approximate surface area is 108 Å². The third-order valence-corrected chi connectivity index (χ3v) is 4.01. The SMILES string of the molecule is CNCC1CCCCC1Cc1ccc(F)c(F)c1. The molecule has 0 spiro atoms. The van der Waals surface area contributed by atoms with Gasteiger partial charge in [-0.25, -0.2) is 8.78 Å². The molecule has 1 saturated carbocycles. The molecule has 1 aliphatic rings. The van der Waals surface area contributed by atoms with E-state index in [1.165, 1.54) is 37.8 Å². The molecule has 0 aromatic heterocycles. The Morgan fingerprint density at radius 2 is 1.83 bits per heavy atom. The van der Waals surface area contributed by atoms with E-state index >= 15 is 0 Å². The fourth-order valence-corrected chi connectivity index (χ4v) is 3.05. The average molecular weight is 253 g/mol. The normalized spacial score (nSPS) is 24.2. The van der Waals surface area contributed by atoms with E-state index in [1.54, 1.807) is 6.07 Å². The zero-order valence-corrected chi connectivity index (χ0v) is 10.9. The number of hydrogen-bond donors (Lipinski definition) is 1. The van der Waals surface area contributed by atoms with Crippen molar-refractivity contribution in [3.05, 3.63) is 35.4 Å². The van der Waals surface area contributed by atoms with E-state index in [9.17, 15) is 8.78 Å². The quantitative estimate of drug-likeness (QED) is 0.865. The van der Waals surface area contributed by atoms with E-state index in [-0.39, 0.29) is 0 Å². The van der Waals surface area contributed by atoms with E-state index in [4.69, 9.17) is 0 Å². The predicted octanol–water partition coefficient (Wildman–Crippen LogP) is 3.53. The van der Waals surface area contributed by atoms with Gasteiger partial charge in [-0.1, -0.05) is 18.9 Å². The predicted molar refractivity (Wildman–Crippen MR) is 69.4 cm³/mol. The number of halogens is 2. The van der Waals surface area contributed by atoms with Crippen LogP contribution in [0.5, 0.6) is 0 Å². The number of rotatable bonds is 4. The van der Waals surface area contributed by atoms with Crippen LogP contribution in [-0.2, 0) is 6.42 Å². The van der Waals surface area contributed by atoms with Crippen molar-refractivity contribution in [2.24, 2.45) is 11.8 Å². The fourth-order valence-electron chi connectivity index (χ4n) is 3.05. The Bertz CT molecular complexity index is 390. The first-order valence-corrected chi connectivity index (χ1v) is 6.79. The van der Waals surface area contributed by atoms with Crippen molar-refractivity contribution in [3.8, 4) is 0 Å². The molecule has 18 heavy (non-hydrogen) atoms. The van der Waals surface area contributed by atoms with Crippen molar-refractivity contribution in [1.82, 2.24) is 5.32 Å². The average Bonchev–Trinajstić information content (AvgIpc) is 2.37. The summed E-state index contributed by atoms with van der Waals surface area (Å²) in [6.07, 6.45) is 5.86. The molecular formula is C15H21F2N. The van der Waals surface area contributed by atoms with Gasteiger partial charge >= 0.3 is 0 Å². The van der Waals surface area contributed by atoms with E-state index in [0.717, 1.165) is 18.5 Å². The Morgan fingerprint density at radius 1 is 1.11 bits per heavy atom. The van der Waals surface area contributed by atoms with Gasteiger partial charge in [0.2, 0.25) is 0 Å². The molecule has 0 radical (unpaired) electrons. The highest BCUT2D eigenvalue weighted by molar-refractivity contribution is 5.18. The van der Waals surface area contributed by atoms with Crippen molar-refractivity contribution in [1.29, 1.82) is 0 Å². The zero-order chi connectivity index (χ0) is 13.0. The highest BCUT2D eigenvalue weighted by Gasteiger charge is 2.24. The molecule has 1 N–H and O–H groups in total. The summed E-state index contributed by atoms with van der Waals surface area (Å²) in [4.78, 5) is 0. The molecular weight excluding hydrogens is 232 g/mol. The van der Waals surface area contributed by atoms with Crippen molar-refractivity contribution >= 4 is 0 Å². The van der Waals surface area contributed by atoms with Gasteiger partial charge in [0.15, 0.2) is 11.6 Å². The molecule has 100 valence electrons. The molecule has 0 bridgehead atoms. The molecule has 3 heteroatoms. The van der Waals surface area contributed by atoms with Gasteiger partial charge < -0.3 is 5.32 Å². The van der Waals surface area contributed by atoms with E-state index in [2.05, 4.69) is 5.32 Å². The van der Waals surface area contributed by atoms with Crippen LogP contribution in [0.4, 0.5) is 8.78 Å². The number of nitrogens with one attached hydrogen (secondary N) is 1. The van der Waals surface area contributed by atoms with Gasteiger partial charge in [0.1, 0.15) is 0 Å². The van der Waals surface area contributed by atoms with Crippen LogP contribution in [-0.4, -0.2) is 13.6 Å². The largest absolute Gasteiger partial charge is 0.319 e. The van der Waals surface area contributed by atoms with E-state index in [0.29, 0.717) is 11.8 Å². The van der Waals surface area contributed by atoms with Gasteiger partial charge in [0, 0.05) is 0 Å². The van der Waals surface area contributed by atoms with E-state index < -0.39 is 11.6 Å². The van der Waals surface area contributed by atoms with Crippen LogP contribution in [0, 0.1) is 23.5 Å². The van der Waals surface area contributed by atoms with Crippen molar-refractivity contribution in [3.63, 3.8) is 0 Å². The highest BCUT2D eigenvalue weighted by Crippen LogP contribution is 2.32. The van der Waals surface area contributed by atoms with Gasteiger partial charge in [-0.15, -0.1) is 0 Å². The smallest absolute Gasteiger partial charge is 0.159 e. The molecule has 0 heterocycles. The molecule has 1 aromatic carbocycles. The van der Waals surface area contributed by atoms with Crippen LogP contribution >= 0.6 is 0 Å². The van der Waals surface area contributed by atoms with Crippen LogP contribution in [0.25, 0.3) is 0 Å². The molecule has 1 fully saturated rings. The lowest BCUT2D eigenvalue weighted by molar-refractivity contribution is 0.232. The summed E-state index contributed by atoms with van der Waals surface area (Å²) >= 11 is 0. The van der Waals surface area contributed by atoms with E-state index in [1.807, 2.05) is 7.05 Å². The lowest BCUT2D eigenvalue weighted by Gasteiger charge is -2.31. The second-order valence-corrected chi connectivity index (χ2v) is 5.31. The van der Waals surface area contributed by atoms with Crippen LogP contribution < -0.4 is 5.32 Å². The summed E-state index contributed by atoms with van der Waals surface area (Å²) < 4.78 is 26.1. The standard InChI is InChI=1S/C15H21F2N/c1-18-10-13-5-3-2-4-12(13)8-11-6-7-14(16)15(17)9-11/h6-7,9,12-13,18H,2-5,8,10H2,1H3. The monoisotopic (exact) mass is 253 g/mol. The van der Waals surface area contributed by atoms with Gasteiger partial charge in [-0.2, -0.15) is 0 Å². The topological polar surface area (TPSA) is 12.0 Å². The maximum absolute atomic E-state index is 13.2. The third kappa shape index (κ3) is 3.29. The molecule has 2 atom stereocenters. The Balaban J connectivity index is 2.03. The van der Waals surface area contributed by atoms with Gasteiger partial charge in [0.25, 0.3) is 0 Å². The Kier molecular flexibility index (Phi) is 4.70. The minimum atomic E-state index is -0.755. The summed E-state index contributed by atoms with van der Waals surface area (Å²) in [5, 5.41) is 3.24. The molecule has 1 aliphatic carbocycles. The highest BCUT2D eigenvalue weighted by atomic mass is 19.2. The first kappa shape index (κ1) is 13.5. The van der Waals surface area contributed by atoms with Crippen LogP contribution in [0.15, 0.2) is 18.2 Å². The van der Waals surface area contributed by atoms with Crippen molar-refractivity contribution in [2.75, 3.05) is 13.6 Å². The summed E-state index contributed by atoms with van der Waals surface area (Å²) in [6, 6.07) is 4.30. The van der Waals surface area contributed by atoms with Crippen LogP contribution in [0.2, 0.25) is 0 Å². The second-order valence-electron chi connectivity index (χ2n) is 5.31. The molecule has 2 rings (SSSR count). The van der Waals surface area contributed by atoms with Gasteiger partial charge in [-0.3, -0.25) is 0 Å². The second kappa shape index (κ2) is 6.28. The first-order chi connectivity index (χ1) is 8.70. The summed E-state index contributed by atoms with van der Waals surface area (Å²) in [7, 11) is 1.98. The summed E-state index contributed by atoms with van der Waals surface area (Å²) in [6.45, 7) is 1.02. The maximum Gasteiger partial charge on any atom is 0.159 e. The van der Waals surface area contributed by atoms with Crippen LogP contribution in [0.1, 0.15) is 31.2 Å². The number of benzene rings is 1. The van der Waals surface area contributed by atoms with Gasteiger partial charge in [0.05, 0.1) is 0 Å². The Morgan fingerprint density at radius 3 is 2.50 bits per heavy atom. The van der Waals surface area contributed by atoms with Gasteiger partial charge in [-0.05, 0) is 62.4 Å².